The van der Waals surface area contributed by atoms with E-state index >= 15 is 0 Å². The van der Waals surface area contributed by atoms with Crippen molar-refractivity contribution < 1.29 is 22.2 Å². The number of carbonyl (C=O) groups excluding carboxylic acids is 1. The Hall–Kier alpha value is -2.45. The minimum atomic E-state index is -4.16. The summed E-state index contributed by atoms with van der Waals surface area (Å²) >= 11 is 1.63. The zero-order valence-electron chi connectivity index (χ0n) is 18.2. The van der Waals surface area contributed by atoms with Gasteiger partial charge < -0.3 is 9.04 Å². The highest BCUT2D eigenvalue weighted by atomic mass is 32.2. The van der Waals surface area contributed by atoms with Gasteiger partial charge >= 0.3 is 0 Å². The van der Waals surface area contributed by atoms with Crippen LogP contribution in [0.25, 0.3) is 0 Å². The molecule has 0 unspecified atom stereocenters. The first-order valence-corrected chi connectivity index (χ1v) is 12.7. The second-order valence-corrected chi connectivity index (χ2v) is 11.1. The van der Waals surface area contributed by atoms with Crippen LogP contribution in [0.15, 0.2) is 88.7 Å². The molecule has 0 heterocycles. The Balaban J connectivity index is 1.57. The van der Waals surface area contributed by atoms with Gasteiger partial charge in [-0.2, -0.15) is 0 Å². The molecule has 0 aromatic heterocycles. The summed E-state index contributed by atoms with van der Waals surface area (Å²) in [6.45, 7) is 1.37. The number of rotatable bonds is 10. The number of quaternary nitrogens is 1. The Bertz CT molecular complexity index is 1140. The third-order valence-corrected chi connectivity index (χ3v) is 6.88. The lowest BCUT2D eigenvalue weighted by atomic mass is 10.0. The third-order valence-electron chi connectivity index (χ3n) is 5.08. The van der Waals surface area contributed by atoms with Gasteiger partial charge in [-0.15, -0.1) is 0 Å². The SMILES string of the molecule is C[N+](C)(CCCS(=O)(=O)[O-])Cc1ccc(Sc2ccc(C(=O)c3ccccc3)cc2)cc1. The summed E-state index contributed by atoms with van der Waals surface area (Å²) in [5.74, 6) is -0.305. The van der Waals surface area contributed by atoms with Gasteiger partial charge in [0.05, 0.1) is 30.8 Å². The topological polar surface area (TPSA) is 74.3 Å². The Morgan fingerprint density at radius 1 is 0.844 bits per heavy atom. The third kappa shape index (κ3) is 7.60. The number of hydrogen-bond donors (Lipinski definition) is 0. The van der Waals surface area contributed by atoms with Gasteiger partial charge in [0.15, 0.2) is 5.78 Å². The van der Waals surface area contributed by atoms with E-state index in [4.69, 9.17) is 0 Å². The molecule has 0 aliphatic heterocycles. The standard InChI is InChI=1S/C25H27NO4S2/c1-26(2,17-6-18-32(28,29)30)19-20-9-13-23(14-10-20)31-24-15-11-22(12-16-24)25(27)21-7-4-3-5-8-21/h3-5,7-16H,6,17-19H2,1-2H3. The maximum absolute atomic E-state index is 12.5. The molecule has 0 atom stereocenters. The maximum atomic E-state index is 12.5. The van der Waals surface area contributed by atoms with Crippen LogP contribution in [0, 0.1) is 0 Å². The number of carbonyl (C=O) groups is 1. The zero-order chi connectivity index (χ0) is 23.2. The highest BCUT2D eigenvalue weighted by molar-refractivity contribution is 7.99. The molecule has 0 fully saturated rings. The van der Waals surface area contributed by atoms with Gasteiger partial charge in [0, 0.05) is 38.7 Å². The summed E-state index contributed by atoms with van der Waals surface area (Å²) in [4.78, 5) is 14.7. The van der Waals surface area contributed by atoms with Gasteiger partial charge in [-0.25, -0.2) is 8.42 Å². The maximum Gasteiger partial charge on any atom is 0.193 e. The Labute approximate surface area is 194 Å². The van der Waals surface area contributed by atoms with E-state index in [-0.39, 0.29) is 11.5 Å². The van der Waals surface area contributed by atoms with Crippen LogP contribution in [0.3, 0.4) is 0 Å². The highest BCUT2D eigenvalue weighted by Gasteiger charge is 2.16. The lowest BCUT2D eigenvalue weighted by molar-refractivity contribution is -0.903. The second kappa shape index (κ2) is 10.4. The molecule has 0 saturated carbocycles. The van der Waals surface area contributed by atoms with Crippen LogP contribution in [0.5, 0.6) is 0 Å². The molecule has 0 bridgehead atoms. The predicted molar refractivity (Wildman–Crippen MR) is 127 cm³/mol. The Morgan fingerprint density at radius 2 is 1.38 bits per heavy atom. The molecule has 0 aliphatic rings. The van der Waals surface area contributed by atoms with E-state index in [0.717, 1.165) is 21.9 Å². The van der Waals surface area contributed by atoms with E-state index in [1.165, 1.54) is 0 Å². The summed E-state index contributed by atoms with van der Waals surface area (Å²) in [6, 6.07) is 25.1. The van der Waals surface area contributed by atoms with E-state index < -0.39 is 10.1 Å². The van der Waals surface area contributed by atoms with Gasteiger partial charge in [-0.3, -0.25) is 4.79 Å². The zero-order valence-corrected chi connectivity index (χ0v) is 19.9. The number of ketones is 1. The van der Waals surface area contributed by atoms with Crippen molar-refractivity contribution in [3.8, 4) is 0 Å². The van der Waals surface area contributed by atoms with Gasteiger partial charge in [-0.05, 0) is 36.4 Å². The minimum Gasteiger partial charge on any atom is -0.748 e. The van der Waals surface area contributed by atoms with Crippen molar-refractivity contribution in [2.24, 2.45) is 0 Å². The molecule has 7 heteroatoms. The lowest BCUT2D eigenvalue weighted by Gasteiger charge is -2.30. The van der Waals surface area contributed by atoms with E-state index in [1.807, 2.05) is 68.7 Å². The fraction of sp³-hybridized carbons (Fsp3) is 0.240. The summed E-state index contributed by atoms with van der Waals surface area (Å²) in [5.41, 5.74) is 2.49. The first-order valence-electron chi connectivity index (χ1n) is 10.3. The van der Waals surface area contributed by atoms with Crippen LogP contribution in [0.4, 0.5) is 0 Å². The van der Waals surface area contributed by atoms with Gasteiger partial charge in [-0.1, -0.05) is 54.2 Å². The van der Waals surface area contributed by atoms with Crippen molar-refractivity contribution >= 4 is 27.7 Å². The van der Waals surface area contributed by atoms with Crippen LogP contribution in [-0.2, 0) is 16.7 Å². The second-order valence-electron chi connectivity index (χ2n) is 8.40. The molecule has 5 nitrogen and oxygen atoms in total. The number of hydrogen-bond acceptors (Lipinski definition) is 5. The predicted octanol–water partition coefficient (Wildman–Crippen LogP) is 4.58. The Morgan fingerprint density at radius 3 is 1.94 bits per heavy atom. The molecular formula is C25H27NO4S2. The van der Waals surface area contributed by atoms with Gasteiger partial charge in [0.1, 0.15) is 6.54 Å². The van der Waals surface area contributed by atoms with E-state index in [1.54, 1.807) is 11.8 Å². The molecule has 0 spiro atoms. The molecule has 3 aromatic rings. The fourth-order valence-corrected chi connectivity index (χ4v) is 4.77. The van der Waals surface area contributed by atoms with Crippen molar-refractivity contribution in [3.63, 3.8) is 0 Å². The van der Waals surface area contributed by atoms with E-state index in [0.29, 0.717) is 28.6 Å². The monoisotopic (exact) mass is 469 g/mol. The molecule has 0 N–H and O–H groups in total. The average molecular weight is 470 g/mol. The molecule has 3 rings (SSSR count). The van der Waals surface area contributed by atoms with Crippen molar-refractivity contribution in [2.75, 3.05) is 26.4 Å². The van der Waals surface area contributed by atoms with Crippen LogP contribution in [-0.4, -0.2) is 49.6 Å². The van der Waals surface area contributed by atoms with E-state index in [2.05, 4.69) is 24.3 Å². The lowest BCUT2D eigenvalue weighted by Crippen LogP contribution is -2.40. The number of benzene rings is 3. The average Bonchev–Trinajstić information content (AvgIpc) is 2.74. The summed E-state index contributed by atoms with van der Waals surface area (Å²) in [6.07, 6.45) is 0.357. The molecule has 0 amide bonds. The van der Waals surface area contributed by atoms with Crippen molar-refractivity contribution in [1.29, 1.82) is 0 Å². The van der Waals surface area contributed by atoms with Crippen molar-refractivity contribution in [3.05, 3.63) is 95.6 Å². The molecule has 32 heavy (non-hydrogen) atoms. The highest BCUT2D eigenvalue weighted by Crippen LogP contribution is 2.28. The van der Waals surface area contributed by atoms with Crippen LogP contribution in [0.1, 0.15) is 27.9 Å². The first-order chi connectivity index (χ1) is 15.1. The molecule has 0 saturated heterocycles. The quantitative estimate of drug-likeness (QED) is 0.247. The van der Waals surface area contributed by atoms with Gasteiger partial charge in [0.2, 0.25) is 0 Å². The van der Waals surface area contributed by atoms with Crippen molar-refractivity contribution in [2.45, 2.75) is 22.8 Å². The summed E-state index contributed by atoms with van der Waals surface area (Å²) < 4.78 is 33.0. The first kappa shape index (κ1) is 24.2. The summed E-state index contributed by atoms with van der Waals surface area (Å²) in [7, 11) is -0.106. The number of nitrogens with zero attached hydrogens (tertiary/aromatic N) is 1. The minimum absolute atomic E-state index is 0.0140. The Kier molecular flexibility index (Phi) is 7.90. The molecule has 0 aliphatic carbocycles. The molecule has 3 aromatic carbocycles. The molecule has 0 radical (unpaired) electrons. The molecule has 168 valence electrons. The van der Waals surface area contributed by atoms with Crippen LogP contribution < -0.4 is 0 Å². The normalized spacial score (nSPS) is 12.0. The van der Waals surface area contributed by atoms with Crippen LogP contribution in [0.2, 0.25) is 0 Å². The largest absolute Gasteiger partial charge is 0.748 e. The summed E-state index contributed by atoms with van der Waals surface area (Å²) in [5, 5.41) is 0. The van der Waals surface area contributed by atoms with Crippen molar-refractivity contribution in [1.82, 2.24) is 0 Å². The van der Waals surface area contributed by atoms with E-state index in [9.17, 15) is 17.8 Å². The fourth-order valence-electron chi connectivity index (χ4n) is 3.47. The molecular weight excluding hydrogens is 442 g/mol. The van der Waals surface area contributed by atoms with Gasteiger partial charge in [0.25, 0.3) is 0 Å². The van der Waals surface area contributed by atoms with Crippen LogP contribution >= 0.6 is 11.8 Å². The smallest absolute Gasteiger partial charge is 0.193 e.